The lowest BCUT2D eigenvalue weighted by atomic mass is 10.1. The average Bonchev–Trinajstić information content (AvgIpc) is 3.22. The average molecular weight is 412 g/mol. The van der Waals surface area contributed by atoms with Gasteiger partial charge >= 0.3 is 11.8 Å². The zero-order valence-electron chi connectivity index (χ0n) is 16.1. The molecule has 30 heavy (non-hydrogen) atoms. The van der Waals surface area contributed by atoms with E-state index in [1.54, 1.807) is 0 Å². The summed E-state index contributed by atoms with van der Waals surface area (Å²) < 4.78 is 10.7. The third kappa shape index (κ3) is 4.33. The summed E-state index contributed by atoms with van der Waals surface area (Å²) in [6, 6.07) is 11.2. The van der Waals surface area contributed by atoms with Gasteiger partial charge in [0.1, 0.15) is 0 Å². The third-order valence-corrected chi connectivity index (χ3v) is 5.03. The van der Waals surface area contributed by atoms with Crippen molar-refractivity contribution in [2.24, 2.45) is 0 Å². The number of piperazine rings is 1. The first-order valence-electron chi connectivity index (χ1n) is 9.45. The smallest absolute Gasteiger partial charge is 0.313 e. The first-order chi connectivity index (χ1) is 14.5. The summed E-state index contributed by atoms with van der Waals surface area (Å²) in [5, 5.41) is 13.2. The van der Waals surface area contributed by atoms with Gasteiger partial charge in [0.05, 0.1) is 4.92 Å². The minimum atomic E-state index is -0.756. The van der Waals surface area contributed by atoms with E-state index in [1.165, 1.54) is 29.2 Å². The number of non-ortho nitro benzene ring substituents is 1. The van der Waals surface area contributed by atoms with Crippen LogP contribution in [0.15, 0.2) is 42.5 Å². The van der Waals surface area contributed by atoms with Crippen LogP contribution < -0.4 is 14.8 Å². The normalized spacial score (nSPS) is 15.7. The Morgan fingerprint density at radius 1 is 1.00 bits per heavy atom. The largest absolute Gasteiger partial charge is 0.454 e. The summed E-state index contributed by atoms with van der Waals surface area (Å²) in [6.45, 7) is 3.12. The fourth-order valence-corrected chi connectivity index (χ4v) is 3.40. The Kier molecular flexibility index (Phi) is 5.48. The lowest BCUT2D eigenvalue weighted by Crippen LogP contribution is -2.51. The number of nitrogens with one attached hydrogen (secondary N) is 1. The van der Waals surface area contributed by atoms with Crippen molar-refractivity contribution in [1.29, 1.82) is 0 Å². The number of fused-ring (bicyclic) bond motifs is 1. The molecule has 0 aromatic heterocycles. The van der Waals surface area contributed by atoms with Gasteiger partial charge in [-0.05, 0) is 29.8 Å². The monoisotopic (exact) mass is 412 g/mol. The Hall–Kier alpha value is -3.66. The molecule has 1 saturated heterocycles. The molecule has 4 rings (SSSR count). The highest BCUT2D eigenvalue weighted by molar-refractivity contribution is 6.39. The van der Waals surface area contributed by atoms with Crippen molar-refractivity contribution in [2.45, 2.75) is 6.54 Å². The molecule has 2 heterocycles. The number of nitro groups is 1. The molecular formula is C20H20N4O6. The highest BCUT2D eigenvalue weighted by Gasteiger charge is 2.26. The van der Waals surface area contributed by atoms with Gasteiger partial charge in [-0.15, -0.1) is 0 Å². The van der Waals surface area contributed by atoms with E-state index in [1.807, 2.05) is 18.2 Å². The predicted molar refractivity (Wildman–Crippen MR) is 106 cm³/mol. The van der Waals surface area contributed by atoms with Crippen molar-refractivity contribution < 1.29 is 24.0 Å². The Morgan fingerprint density at radius 2 is 1.70 bits per heavy atom. The highest BCUT2D eigenvalue weighted by atomic mass is 16.7. The van der Waals surface area contributed by atoms with Gasteiger partial charge in [0.25, 0.3) is 5.69 Å². The molecule has 0 saturated carbocycles. The van der Waals surface area contributed by atoms with Crippen molar-refractivity contribution in [1.82, 2.24) is 9.80 Å². The van der Waals surface area contributed by atoms with Crippen LogP contribution in [0.5, 0.6) is 11.5 Å². The number of hydrogen-bond acceptors (Lipinski definition) is 7. The maximum atomic E-state index is 12.4. The molecule has 2 aromatic carbocycles. The number of anilines is 1. The van der Waals surface area contributed by atoms with Crippen molar-refractivity contribution in [3.05, 3.63) is 58.1 Å². The van der Waals surface area contributed by atoms with E-state index in [2.05, 4.69) is 10.2 Å². The van der Waals surface area contributed by atoms with Crippen LogP contribution in [0.4, 0.5) is 11.4 Å². The second-order valence-electron chi connectivity index (χ2n) is 7.01. The van der Waals surface area contributed by atoms with E-state index in [4.69, 9.17) is 9.47 Å². The van der Waals surface area contributed by atoms with Crippen LogP contribution in [0.25, 0.3) is 0 Å². The molecule has 0 unspecified atom stereocenters. The number of ether oxygens (including phenoxy) is 2. The van der Waals surface area contributed by atoms with Crippen LogP contribution in [-0.4, -0.2) is 59.5 Å². The highest BCUT2D eigenvalue weighted by Crippen LogP contribution is 2.32. The number of hydrogen-bond donors (Lipinski definition) is 1. The number of nitrogens with zero attached hydrogens (tertiary/aromatic N) is 3. The first kappa shape index (κ1) is 19.6. The van der Waals surface area contributed by atoms with E-state index in [-0.39, 0.29) is 12.5 Å². The second-order valence-corrected chi connectivity index (χ2v) is 7.01. The molecule has 2 aliphatic rings. The van der Waals surface area contributed by atoms with Gasteiger partial charge in [-0.2, -0.15) is 0 Å². The van der Waals surface area contributed by atoms with Crippen molar-refractivity contribution in [2.75, 3.05) is 38.3 Å². The van der Waals surface area contributed by atoms with Gasteiger partial charge in [-0.25, -0.2) is 0 Å². The van der Waals surface area contributed by atoms with Crippen molar-refractivity contribution in [3.8, 4) is 11.5 Å². The molecule has 0 aliphatic carbocycles. The van der Waals surface area contributed by atoms with Gasteiger partial charge in [-0.3, -0.25) is 24.6 Å². The molecule has 0 bridgehead atoms. The third-order valence-electron chi connectivity index (χ3n) is 5.03. The zero-order valence-corrected chi connectivity index (χ0v) is 16.1. The molecular weight excluding hydrogens is 392 g/mol. The molecule has 156 valence electrons. The number of nitro benzene ring substituents is 1. The Bertz CT molecular complexity index is 970. The fraction of sp³-hybridized carbons (Fsp3) is 0.300. The predicted octanol–water partition coefficient (Wildman–Crippen LogP) is 1.61. The van der Waals surface area contributed by atoms with Gasteiger partial charge in [0.2, 0.25) is 6.79 Å². The summed E-state index contributed by atoms with van der Waals surface area (Å²) in [5.74, 6) is 0.113. The minimum Gasteiger partial charge on any atom is -0.454 e. The van der Waals surface area contributed by atoms with Gasteiger partial charge in [0.15, 0.2) is 11.5 Å². The molecule has 10 nitrogen and oxygen atoms in total. The minimum absolute atomic E-state index is 0.0853. The summed E-state index contributed by atoms with van der Waals surface area (Å²) in [7, 11) is 0. The van der Waals surface area contributed by atoms with Crippen molar-refractivity contribution in [3.63, 3.8) is 0 Å². The maximum Gasteiger partial charge on any atom is 0.313 e. The van der Waals surface area contributed by atoms with E-state index in [0.717, 1.165) is 17.1 Å². The molecule has 0 radical (unpaired) electrons. The molecule has 0 spiro atoms. The summed E-state index contributed by atoms with van der Waals surface area (Å²) in [4.78, 5) is 38.5. The lowest BCUT2D eigenvalue weighted by molar-refractivity contribution is -0.384. The quantitative estimate of drug-likeness (QED) is 0.461. The first-order valence-corrected chi connectivity index (χ1v) is 9.45. The Balaban J connectivity index is 1.27. The molecule has 10 heteroatoms. The maximum absolute atomic E-state index is 12.4. The number of carbonyl (C=O) groups excluding carboxylic acids is 2. The lowest BCUT2D eigenvalue weighted by Gasteiger charge is -2.34. The second kappa shape index (κ2) is 8.37. The van der Waals surface area contributed by atoms with Crippen LogP contribution in [0.2, 0.25) is 0 Å². The molecule has 2 aliphatic heterocycles. The van der Waals surface area contributed by atoms with E-state index in [0.29, 0.717) is 38.4 Å². The number of amides is 2. The number of benzene rings is 2. The van der Waals surface area contributed by atoms with Gasteiger partial charge in [-0.1, -0.05) is 6.07 Å². The van der Waals surface area contributed by atoms with E-state index >= 15 is 0 Å². The molecule has 1 fully saturated rings. The van der Waals surface area contributed by atoms with Crippen LogP contribution in [0.3, 0.4) is 0 Å². The van der Waals surface area contributed by atoms with E-state index < -0.39 is 16.7 Å². The van der Waals surface area contributed by atoms with Crippen molar-refractivity contribution >= 4 is 23.2 Å². The summed E-state index contributed by atoms with van der Waals surface area (Å²) in [5.41, 5.74) is 1.34. The number of rotatable bonds is 4. The fourth-order valence-electron chi connectivity index (χ4n) is 3.40. The van der Waals surface area contributed by atoms with E-state index in [9.17, 15) is 19.7 Å². The SMILES string of the molecule is O=C(Nc1ccc([N+](=O)[O-])cc1)C(=O)N1CCN(Cc2ccc3c(c2)OCO3)CC1. The van der Waals surface area contributed by atoms with Crippen LogP contribution in [0, 0.1) is 10.1 Å². The Labute approximate surface area is 172 Å². The standard InChI is InChI=1S/C20H20N4O6/c25-19(21-15-2-4-16(5-3-15)24(27)28)20(26)23-9-7-22(8-10-23)12-14-1-6-17-18(11-14)30-13-29-17/h1-6,11H,7-10,12-13H2,(H,21,25). The molecule has 0 atom stereocenters. The van der Waals surface area contributed by atoms with Crippen LogP contribution in [-0.2, 0) is 16.1 Å². The van der Waals surface area contributed by atoms with Crippen LogP contribution in [0.1, 0.15) is 5.56 Å². The Morgan fingerprint density at radius 3 is 2.40 bits per heavy atom. The topological polar surface area (TPSA) is 114 Å². The molecule has 2 aromatic rings. The summed E-state index contributed by atoms with van der Waals surface area (Å²) >= 11 is 0. The van der Waals surface area contributed by atoms with Gasteiger partial charge < -0.3 is 19.7 Å². The number of carbonyl (C=O) groups is 2. The van der Waals surface area contributed by atoms with Gasteiger partial charge in [0, 0.05) is 50.5 Å². The molecule has 2 amide bonds. The zero-order chi connectivity index (χ0) is 21.1. The molecule has 1 N–H and O–H groups in total. The summed E-state index contributed by atoms with van der Waals surface area (Å²) in [6.07, 6.45) is 0. The van der Waals surface area contributed by atoms with Crippen LogP contribution >= 0.6 is 0 Å².